The van der Waals surface area contributed by atoms with Crippen LogP contribution < -0.4 is 0 Å². The van der Waals surface area contributed by atoms with Gasteiger partial charge in [0.15, 0.2) is 0 Å². The van der Waals surface area contributed by atoms with Crippen LogP contribution in [0.15, 0.2) is 0 Å². The standard InChI is InChI=1S/C21H29F5O/c1-18-7-3-4-14(18)17-15(6-8-18)19(2)9-5-13(27)10-12(19)11-16(17)20(22,23)21(24,25)26/h12,14-17H,3-11H2,1-2H3/t12-,14+,15+,16-,17+,18+,19+/m1/s1. The van der Waals surface area contributed by atoms with E-state index in [1.54, 1.807) is 0 Å². The first-order valence-electron chi connectivity index (χ1n) is 10.4. The maximum absolute atomic E-state index is 14.7. The van der Waals surface area contributed by atoms with Gasteiger partial charge in [0, 0.05) is 18.8 Å². The number of Topliss-reactive ketones (excluding diaryl/α,β-unsaturated/α-hetero) is 1. The molecule has 4 saturated carbocycles. The average Bonchev–Trinajstić information content (AvgIpc) is 2.95. The Hall–Kier alpha value is -0.680. The topological polar surface area (TPSA) is 17.1 Å². The van der Waals surface area contributed by atoms with Gasteiger partial charge in [0.1, 0.15) is 5.78 Å². The van der Waals surface area contributed by atoms with Crippen LogP contribution in [-0.2, 0) is 4.79 Å². The number of carbonyl (C=O) groups is 1. The van der Waals surface area contributed by atoms with Gasteiger partial charge in [-0.25, -0.2) is 0 Å². The first-order valence-corrected chi connectivity index (χ1v) is 10.4. The average molecular weight is 392 g/mol. The molecule has 0 radical (unpaired) electrons. The van der Waals surface area contributed by atoms with E-state index in [-0.39, 0.29) is 47.2 Å². The van der Waals surface area contributed by atoms with E-state index in [0.29, 0.717) is 12.8 Å². The third-order valence-electron chi connectivity index (χ3n) is 9.16. The highest BCUT2D eigenvalue weighted by atomic mass is 19.4. The van der Waals surface area contributed by atoms with Crippen molar-refractivity contribution >= 4 is 5.78 Å². The van der Waals surface area contributed by atoms with E-state index < -0.39 is 23.9 Å². The van der Waals surface area contributed by atoms with E-state index in [1.165, 1.54) is 0 Å². The van der Waals surface area contributed by atoms with Crippen molar-refractivity contribution in [2.75, 3.05) is 0 Å². The van der Waals surface area contributed by atoms with Gasteiger partial charge in [-0.15, -0.1) is 0 Å². The van der Waals surface area contributed by atoms with Gasteiger partial charge >= 0.3 is 12.1 Å². The van der Waals surface area contributed by atoms with Crippen LogP contribution in [0.2, 0.25) is 0 Å². The summed E-state index contributed by atoms with van der Waals surface area (Å²) >= 11 is 0. The fourth-order valence-electron chi connectivity index (χ4n) is 7.64. The fraction of sp³-hybridized carbons (Fsp3) is 0.952. The van der Waals surface area contributed by atoms with Gasteiger partial charge in [-0.05, 0) is 73.0 Å². The number of halogens is 5. The molecule has 27 heavy (non-hydrogen) atoms. The van der Waals surface area contributed by atoms with Crippen molar-refractivity contribution < 1.29 is 26.7 Å². The van der Waals surface area contributed by atoms with E-state index in [0.717, 1.165) is 32.1 Å². The van der Waals surface area contributed by atoms with Crippen LogP contribution in [0.3, 0.4) is 0 Å². The molecular weight excluding hydrogens is 363 g/mol. The minimum absolute atomic E-state index is 0.0199. The quantitative estimate of drug-likeness (QED) is 0.471. The number of alkyl halides is 5. The Morgan fingerprint density at radius 2 is 1.67 bits per heavy atom. The van der Waals surface area contributed by atoms with Gasteiger partial charge in [-0.3, -0.25) is 4.79 Å². The lowest BCUT2D eigenvalue weighted by molar-refractivity contribution is -0.327. The number of carbonyl (C=O) groups excluding carboxylic acids is 1. The third kappa shape index (κ3) is 2.71. The van der Waals surface area contributed by atoms with Gasteiger partial charge in [0.2, 0.25) is 0 Å². The highest BCUT2D eigenvalue weighted by Gasteiger charge is 2.70. The predicted molar refractivity (Wildman–Crippen MR) is 91.2 cm³/mol. The largest absolute Gasteiger partial charge is 0.453 e. The number of ketones is 1. The molecule has 0 aliphatic heterocycles. The summed E-state index contributed by atoms with van der Waals surface area (Å²) in [7, 11) is 0. The molecule has 0 aromatic carbocycles. The zero-order valence-electron chi connectivity index (χ0n) is 16.0. The second kappa shape index (κ2) is 5.91. The molecule has 0 N–H and O–H groups in total. The predicted octanol–water partition coefficient (Wildman–Crippen LogP) is 6.41. The van der Waals surface area contributed by atoms with Gasteiger partial charge < -0.3 is 0 Å². The molecule has 0 saturated heterocycles. The van der Waals surface area contributed by atoms with Crippen molar-refractivity contribution in [2.24, 2.45) is 40.4 Å². The summed E-state index contributed by atoms with van der Waals surface area (Å²) in [5, 5.41) is 0. The molecule has 154 valence electrons. The number of hydrogen-bond donors (Lipinski definition) is 0. The summed E-state index contributed by atoms with van der Waals surface area (Å²) in [6.45, 7) is 4.17. The van der Waals surface area contributed by atoms with Gasteiger partial charge in [-0.2, -0.15) is 22.0 Å². The van der Waals surface area contributed by atoms with E-state index in [9.17, 15) is 26.7 Å². The van der Waals surface area contributed by atoms with E-state index in [1.807, 2.05) is 0 Å². The number of hydrogen-bond acceptors (Lipinski definition) is 1. The molecule has 4 aliphatic rings. The zero-order chi connectivity index (χ0) is 19.8. The molecule has 0 spiro atoms. The molecule has 0 aromatic rings. The molecule has 4 rings (SSSR count). The summed E-state index contributed by atoms with van der Waals surface area (Å²) in [6.07, 6.45) is -0.165. The molecule has 7 atom stereocenters. The lowest BCUT2D eigenvalue weighted by Crippen LogP contribution is -2.61. The van der Waals surface area contributed by atoms with E-state index >= 15 is 0 Å². The summed E-state index contributed by atoms with van der Waals surface area (Å²) in [5.41, 5.74) is -0.380. The summed E-state index contributed by atoms with van der Waals surface area (Å²) < 4.78 is 69.7. The summed E-state index contributed by atoms with van der Waals surface area (Å²) in [6, 6.07) is 0. The molecule has 0 bridgehead atoms. The molecule has 6 heteroatoms. The van der Waals surface area contributed by atoms with Crippen molar-refractivity contribution in [3.05, 3.63) is 0 Å². The Morgan fingerprint density at radius 1 is 0.963 bits per heavy atom. The molecule has 0 unspecified atom stereocenters. The Kier molecular flexibility index (Phi) is 4.30. The van der Waals surface area contributed by atoms with Crippen molar-refractivity contribution in [3.8, 4) is 0 Å². The minimum atomic E-state index is -5.53. The summed E-state index contributed by atoms with van der Waals surface area (Å²) in [4.78, 5) is 12.0. The first kappa shape index (κ1) is 19.6. The molecular formula is C21H29F5O. The molecule has 1 nitrogen and oxygen atoms in total. The number of rotatable bonds is 1. The van der Waals surface area contributed by atoms with Crippen LogP contribution in [-0.4, -0.2) is 17.9 Å². The maximum Gasteiger partial charge on any atom is 0.453 e. The Labute approximate surface area is 157 Å². The lowest BCUT2D eigenvalue weighted by atomic mass is 9.42. The lowest BCUT2D eigenvalue weighted by Gasteiger charge is -2.62. The van der Waals surface area contributed by atoms with Crippen molar-refractivity contribution in [2.45, 2.75) is 83.7 Å². The monoisotopic (exact) mass is 392 g/mol. The Balaban J connectivity index is 1.79. The van der Waals surface area contributed by atoms with Crippen LogP contribution >= 0.6 is 0 Å². The van der Waals surface area contributed by atoms with Gasteiger partial charge in [-0.1, -0.05) is 20.3 Å². The molecule has 0 aromatic heterocycles. The SMILES string of the molecule is C[C@@]12CCC[C@H]1[C@@H]1[C@H](C(F)(F)C(F)(F)F)C[C@H]3CC(=O)CC[C@]3(C)[C@H]1CC2. The second-order valence-electron chi connectivity index (χ2n) is 10.3. The Bertz CT molecular complexity index is 629. The van der Waals surface area contributed by atoms with Crippen molar-refractivity contribution in [1.82, 2.24) is 0 Å². The van der Waals surface area contributed by atoms with Crippen LogP contribution in [0.25, 0.3) is 0 Å². The molecule has 0 amide bonds. The van der Waals surface area contributed by atoms with Crippen molar-refractivity contribution in [1.29, 1.82) is 0 Å². The Morgan fingerprint density at radius 3 is 2.33 bits per heavy atom. The second-order valence-corrected chi connectivity index (χ2v) is 10.3. The highest BCUT2D eigenvalue weighted by Crippen LogP contribution is 2.69. The van der Waals surface area contributed by atoms with E-state index in [4.69, 9.17) is 0 Å². The van der Waals surface area contributed by atoms with Gasteiger partial charge in [0.05, 0.1) is 0 Å². The summed E-state index contributed by atoms with van der Waals surface area (Å²) in [5.74, 6) is -7.45. The van der Waals surface area contributed by atoms with Crippen LogP contribution in [0.1, 0.15) is 71.6 Å². The van der Waals surface area contributed by atoms with Crippen LogP contribution in [0.5, 0.6) is 0 Å². The molecule has 4 aliphatic carbocycles. The molecule has 4 fully saturated rings. The maximum atomic E-state index is 14.7. The smallest absolute Gasteiger partial charge is 0.300 e. The normalized spacial score (nSPS) is 48.0. The van der Waals surface area contributed by atoms with Crippen LogP contribution in [0.4, 0.5) is 22.0 Å². The third-order valence-corrected chi connectivity index (χ3v) is 9.16. The minimum Gasteiger partial charge on any atom is -0.300 e. The van der Waals surface area contributed by atoms with Crippen molar-refractivity contribution in [3.63, 3.8) is 0 Å². The first-order chi connectivity index (χ1) is 12.4. The zero-order valence-corrected chi connectivity index (χ0v) is 16.0. The molecule has 0 heterocycles. The number of fused-ring (bicyclic) bond motifs is 5. The van der Waals surface area contributed by atoms with Gasteiger partial charge in [0.25, 0.3) is 0 Å². The van der Waals surface area contributed by atoms with Crippen LogP contribution in [0, 0.1) is 40.4 Å². The highest BCUT2D eigenvalue weighted by molar-refractivity contribution is 5.79. The fourth-order valence-corrected chi connectivity index (χ4v) is 7.64. The van der Waals surface area contributed by atoms with E-state index in [2.05, 4.69) is 13.8 Å².